The molecule has 29 heavy (non-hydrogen) atoms. The van der Waals surface area contributed by atoms with Crippen molar-refractivity contribution in [3.05, 3.63) is 54.1 Å². The molecule has 6 nitrogen and oxygen atoms in total. The number of sulfonamides is 1. The van der Waals surface area contributed by atoms with Gasteiger partial charge in [-0.3, -0.25) is 4.79 Å². The molecule has 0 radical (unpaired) electrons. The van der Waals surface area contributed by atoms with Crippen molar-refractivity contribution in [1.82, 2.24) is 9.71 Å². The molecule has 8 heteroatoms. The molecule has 0 spiro atoms. The van der Waals surface area contributed by atoms with E-state index in [1.807, 2.05) is 18.2 Å². The summed E-state index contributed by atoms with van der Waals surface area (Å²) in [6.07, 6.45) is 1.84. The van der Waals surface area contributed by atoms with Gasteiger partial charge in [0.05, 0.1) is 15.1 Å². The van der Waals surface area contributed by atoms with Crippen LogP contribution in [-0.2, 0) is 10.0 Å². The van der Waals surface area contributed by atoms with Gasteiger partial charge in [0.1, 0.15) is 0 Å². The van der Waals surface area contributed by atoms with Crippen molar-refractivity contribution in [2.75, 3.05) is 24.5 Å². The monoisotopic (exact) mass is 429 g/mol. The van der Waals surface area contributed by atoms with Crippen LogP contribution in [0.5, 0.6) is 0 Å². The number of nitrogens with zero attached hydrogens (tertiary/aromatic N) is 2. The molecule has 1 aliphatic rings. The summed E-state index contributed by atoms with van der Waals surface area (Å²) in [5.74, 6) is 0.216. The standard InChI is InChI=1S/C21H23N3O3S2/c1-15(25)17-6-8-18(9-7-17)29(26,27)22-14-16-10-12-24(13-11-16)21-23-19-4-2-3-5-20(19)28-21/h2-9,16,22H,10-14H2,1H3. The summed E-state index contributed by atoms with van der Waals surface area (Å²) in [5, 5.41) is 1.04. The number of benzene rings is 2. The van der Waals surface area contributed by atoms with Crippen molar-refractivity contribution in [1.29, 1.82) is 0 Å². The fraction of sp³-hybridized carbons (Fsp3) is 0.333. The highest BCUT2D eigenvalue weighted by molar-refractivity contribution is 7.89. The maximum Gasteiger partial charge on any atom is 0.240 e. The van der Waals surface area contributed by atoms with Crippen LogP contribution in [0.25, 0.3) is 10.2 Å². The fourth-order valence-corrected chi connectivity index (χ4v) is 5.64. The minimum Gasteiger partial charge on any atom is -0.348 e. The molecule has 1 saturated heterocycles. The number of piperidine rings is 1. The van der Waals surface area contributed by atoms with Gasteiger partial charge in [-0.05, 0) is 49.9 Å². The van der Waals surface area contributed by atoms with E-state index in [9.17, 15) is 13.2 Å². The van der Waals surface area contributed by atoms with E-state index in [-0.39, 0.29) is 10.7 Å². The van der Waals surface area contributed by atoms with E-state index in [0.29, 0.717) is 18.0 Å². The Morgan fingerprint density at radius 3 is 2.48 bits per heavy atom. The largest absolute Gasteiger partial charge is 0.348 e. The first-order valence-electron chi connectivity index (χ1n) is 9.63. The SMILES string of the molecule is CC(=O)c1ccc(S(=O)(=O)NCC2CCN(c3nc4ccccc4s3)CC2)cc1. The highest BCUT2D eigenvalue weighted by atomic mass is 32.2. The minimum absolute atomic E-state index is 0.0817. The van der Waals surface area contributed by atoms with Crippen LogP contribution in [0.4, 0.5) is 5.13 Å². The van der Waals surface area contributed by atoms with Crippen molar-refractivity contribution in [2.24, 2.45) is 5.92 Å². The van der Waals surface area contributed by atoms with E-state index < -0.39 is 10.0 Å². The maximum atomic E-state index is 12.5. The van der Waals surface area contributed by atoms with E-state index in [4.69, 9.17) is 4.98 Å². The number of anilines is 1. The minimum atomic E-state index is -3.57. The molecule has 0 atom stereocenters. The second-order valence-electron chi connectivity index (χ2n) is 7.33. The summed E-state index contributed by atoms with van der Waals surface area (Å²) in [5.41, 5.74) is 1.53. The van der Waals surface area contributed by atoms with Crippen LogP contribution >= 0.6 is 11.3 Å². The number of carbonyl (C=O) groups is 1. The van der Waals surface area contributed by atoms with Gasteiger partial charge in [-0.1, -0.05) is 35.6 Å². The van der Waals surface area contributed by atoms with Gasteiger partial charge in [0.15, 0.2) is 10.9 Å². The van der Waals surface area contributed by atoms with E-state index in [1.165, 1.54) is 23.8 Å². The van der Waals surface area contributed by atoms with Crippen molar-refractivity contribution in [3.63, 3.8) is 0 Å². The first-order valence-corrected chi connectivity index (χ1v) is 11.9. The van der Waals surface area contributed by atoms with Gasteiger partial charge in [-0.2, -0.15) is 0 Å². The molecule has 2 aromatic carbocycles. The van der Waals surface area contributed by atoms with Crippen LogP contribution in [-0.4, -0.2) is 38.8 Å². The molecular weight excluding hydrogens is 406 g/mol. The third-order valence-corrected chi connectivity index (χ3v) is 7.84. The summed E-state index contributed by atoms with van der Waals surface area (Å²) in [4.78, 5) is 18.5. The molecule has 0 amide bonds. The fourth-order valence-electron chi connectivity index (χ4n) is 3.50. The number of rotatable bonds is 6. The highest BCUT2D eigenvalue weighted by Crippen LogP contribution is 2.31. The van der Waals surface area contributed by atoms with Crippen LogP contribution < -0.4 is 9.62 Å². The van der Waals surface area contributed by atoms with Gasteiger partial charge >= 0.3 is 0 Å². The molecule has 1 aromatic heterocycles. The van der Waals surface area contributed by atoms with Crippen molar-refractivity contribution in [3.8, 4) is 0 Å². The summed E-state index contributed by atoms with van der Waals surface area (Å²) < 4.78 is 29.0. The topological polar surface area (TPSA) is 79.4 Å². The number of hydrogen-bond acceptors (Lipinski definition) is 6. The van der Waals surface area contributed by atoms with E-state index in [1.54, 1.807) is 23.5 Å². The van der Waals surface area contributed by atoms with Crippen LogP contribution in [0, 0.1) is 5.92 Å². The lowest BCUT2D eigenvalue weighted by molar-refractivity contribution is 0.101. The van der Waals surface area contributed by atoms with Crippen molar-refractivity contribution >= 4 is 42.5 Å². The van der Waals surface area contributed by atoms with Gasteiger partial charge in [0.25, 0.3) is 0 Å². The Kier molecular flexibility index (Phi) is 5.67. The number of para-hydroxylation sites is 1. The van der Waals surface area contributed by atoms with Crippen molar-refractivity contribution < 1.29 is 13.2 Å². The number of aromatic nitrogens is 1. The van der Waals surface area contributed by atoms with Crippen LogP contribution in [0.3, 0.4) is 0 Å². The predicted molar refractivity (Wildman–Crippen MR) is 116 cm³/mol. The molecular formula is C21H23N3O3S2. The van der Waals surface area contributed by atoms with Crippen LogP contribution in [0.15, 0.2) is 53.4 Å². The Hall–Kier alpha value is -2.29. The summed E-state index contributed by atoms with van der Waals surface area (Å²) in [6, 6.07) is 14.2. The molecule has 1 N–H and O–H groups in total. The van der Waals surface area contributed by atoms with E-state index >= 15 is 0 Å². The Morgan fingerprint density at radius 1 is 1.14 bits per heavy atom. The Labute approximate surface area is 174 Å². The predicted octanol–water partition coefficient (Wildman–Crippen LogP) is 3.69. The number of thiazole rings is 1. The van der Waals surface area contributed by atoms with Crippen LogP contribution in [0.1, 0.15) is 30.1 Å². The Bertz CT molecular complexity index is 1080. The van der Waals surface area contributed by atoms with Gasteiger partial charge in [0.2, 0.25) is 10.0 Å². The lowest BCUT2D eigenvalue weighted by Crippen LogP contribution is -2.38. The summed E-state index contributed by atoms with van der Waals surface area (Å²) >= 11 is 1.70. The molecule has 0 aliphatic carbocycles. The number of carbonyl (C=O) groups excluding carboxylic acids is 1. The highest BCUT2D eigenvalue weighted by Gasteiger charge is 2.23. The number of nitrogens with one attached hydrogen (secondary N) is 1. The quantitative estimate of drug-likeness (QED) is 0.605. The van der Waals surface area contributed by atoms with Gasteiger partial charge in [-0.25, -0.2) is 18.1 Å². The molecule has 0 saturated carbocycles. The smallest absolute Gasteiger partial charge is 0.240 e. The van der Waals surface area contributed by atoms with Crippen LogP contribution in [0.2, 0.25) is 0 Å². The summed E-state index contributed by atoms with van der Waals surface area (Å²) in [6.45, 7) is 3.63. The first-order chi connectivity index (χ1) is 13.9. The second kappa shape index (κ2) is 8.22. The average Bonchev–Trinajstić information content (AvgIpc) is 3.17. The molecule has 4 rings (SSSR count). The van der Waals surface area contributed by atoms with Gasteiger partial charge in [0, 0.05) is 25.2 Å². The number of ketones is 1. The Balaban J connectivity index is 1.32. The van der Waals surface area contributed by atoms with Gasteiger partial charge in [-0.15, -0.1) is 0 Å². The maximum absolute atomic E-state index is 12.5. The van der Waals surface area contributed by atoms with E-state index in [2.05, 4.69) is 15.7 Å². The number of hydrogen-bond donors (Lipinski definition) is 1. The number of Topliss-reactive ketones (excluding diaryl/α,β-unsaturated/α-hetero) is 1. The molecule has 152 valence electrons. The molecule has 3 aromatic rings. The van der Waals surface area contributed by atoms with Crippen molar-refractivity contribution in [2.45, 2.75) is 24.7 Å². The normalized spacial score (nSPS) is 15.7. The molecule has 0 unspecified atom stereocenters. The molecule has 0 bridgehead atoms. The van der Waals surface area contributed by atoms with E-state index in [0.717, 1.165) is 36.6 Å². The summed E-state index contributed by atoms with van der Waals surface area (Å²) in [7, 11) is -3.57. The molecule has 1 aliphatic heterocycles. The lowest BCUT2D eigenvalue weighted by atomic mass is 9.97. The molecule has 1 fully saturated rings. The molecule has 2 heterocycles. The zero-order valence-electron chi connectivity index (χ0n) is 16.2. The van der Waals surface area contributed by atoms with Gasteiger partial charge < -0.3 is 4.90 Å². The zero-order valence-corrected chi connectivity index (χ0v) is 17.8. The lowest BCUT2D eigenvalue weighted by Gasteiger charge is -2.31. The number of fused-ring (bicyclic) bond motifs is 1. The first kappa shape index (κ1) is 20.0. The second-order valence-corrected chi connectivity index (χ2v) is 10.1. The zero-order chi connectivity index (χ0) is 20.4. The third-order valence-electron chi connectivity index (χ3n) is 5.30. The average molecular weight is 430 g/mol. The third kappa shape index (κ3) is 4.49. The Morgan fingerprint density at radius 2 is 1.83 bits per heavy atom.